The van der Waals surface area contributed by atoms with Crippen LogP contribution in [0.2, 0.25) is 0 Å². The summed E-state index contributed by atoms with van der Waals surface area (Å²) in [5.74, 6) is 0.344. The molecule has 0 heterocycles. The molecule has 0 unspecified atom stereocenters. The maximum Gasteiger partial charge on any atom is 0.425 e. The van der Waals surface area contributed by atoms with Gasteiger partial charge in [-0.1, -0.05) is 43.2 Å². The fraction of sp³-hybridized carbons (Fsp3) is 0.500. The highest BCUT2D eigenvalue weighted by molar-refractivity contribution is 7.89. The second-order valence-corrected chi connectivity index (χ2v) is 11.2. The Balaban J connectivity index is 1.76. The van der Waals surface area contributed by atoms with Crippen LogP contribution in [0.5, 0.6) is 5.75 Å². The third kappa shape index (κ3) is 8.19. The minimum absolute atomic E-state index is 0.105. The van der Waals surface area contributed by atoms with Crippen molar-refractivity contribution in [3.05, 3.63) is 60.2 Å². The number of rotatable bonds is 14. The predicted molar refractivity (Wildman–Crippen MR) is 143 cm³/mol. The summed E-state index contributed by atoms with van der Waals surface area (Å²) in [6.45, 7) is 1.56. The molecule has 0 aromatic heterocycles. The Labute approximate surface area is 225 Å². The summed E-state index contributed by atoms with van der Waals surface area (Å²) in [6, 6.07) is 13.1. The molecule has 1 saturated carbocycles. The van der Waals surface area contributed by atoms with Crippen molar-refractivity contribution in [3.8, 4) is 5.75 Å². The molecule has 1 amide bonds. The number of esters is 1. The summed E-state index contributed by atoms with van der Waals surface area (Å²) in [7, 11) is -1.82. The van der Waals surface area contributed by atoms with Crippen LogP contribution in [0.1, 0.15) is 50.5 Å². The fourth-order valence-corrected chi connectivity index (χ4v) is 6.09. The second kappa shape index (κ2) is 14.7. The SMILES string of the molecule is COC(=O)[C@H](CCCCNCC1CCCC1)N(C(=O)OCc1ccccc1)S(=O)(=O)c1ccc(OC)cc1. The Morgan fingerprint density at radius 3 is 2.32 bits per heavy atom. The molecule has 1 aliphatic carbocycles. The summed E-state index contributed by atoms with van der Waals surface area (Å²) < 4.78 is 43.3. The first-order chi connectivity index (χ1) is 18.4. The monoisotopic (exact) mass is 546 g/mol. The molecule has 9 nitrogen and oxygen atoms in total. The number of carbonyl (C=O) groups excluding carboxylic acids is 2. The van der Waals surface area contributed by atoms with Crippen LogP contribution in [0.4, 0.5) is 4.79 Å². The van der Waals surface area contributed by atoms with Crippen molar-refractivity contribution in [2.24, 2.45) is 5.92 Å². The average molecular weight is 547 g/mol. The molecule has 0 aliphatic heterocycles. The number of ether oxygens (including phenoxy) is 3. The Morgan fingerprint density at radius 1 is 1.00 bits per heavy atom. The number of nitrogens with zero attached hydrogens (tertiary/aromatic N) is 1. The minimum Gasteiger partial charge on any atom is -0.497 e. The maximum absolute atomic E-state index is 13.7. The topological polar surface area (TPSA) is 111 Å². The van der Waals surface area contributed by atoms with Crippen LogP contribution in [0, 0.1) is 5.92 Å². The van der Waals surface area contributed by atoms with Gasteiger partial charge in [-0.2, -0.15) is 4.31 Å². The van der Waals surface area contributed by atoms with E-state index in [1.165, 1.54) is 64.2 Å². The number of carbonyl (C=O) groups is 2. The van der Waals surface area contributed by atoms with Gasteiger partial charge >= 0.3 is 12.1 Å². The molecular weight excluding hydrogens is 508 g/mol. The zero-order valence-electron chi connectivity index (χ0n) is 22.1. The molecule has 208 valence electrons. The summed E-state index contributed by atoms with van der Waals surface area (Å²) in [6.07, 6.45) is 5.26. The van der Waals surface area contributed by atoms with Gasteiger partial charge in [-0.15, -0.1) is 0 Å². The van der Waals surface area contributed by atoms with Gasteiger partial charge in [-0.3, -0.25) is 0 Å². The van der Waals surface area contributed by atoms with E-state index < -0.39 is 28.1 Å². The molecule has 0 saturated heterocycles. The highest BCUT2D eigenvalue weighted by Gasteiger charge is 2.41. The molecule has 1 aliphatic rings. The predicted octanol–water partition coefficient (Wildman–Crippen LogP) is 4.51. The largest absolute Gasteiger partial charge is 0.497 e. The van der Waals surface area contributed by atoms with Gasteiger partial charge in [0.1, 0.15) is 18.4 Å². The van der Waals surface area contributed by atoms with Gasteiger partial charge in [-0.05, 0) is 80.9 Å². The van der Waals surface area contributed by atoms with E-state index >= 15 is 0 Å². The number of nitrogens with one attached hydrogen (secondary N) is 1. The van der Waals surface area contributed by atoms with E-state index in [1.54, 1.807) is 24.3 Å². The quantitative estimate of drug-likeness (QED) is 0.272. The van der Waals surface area contributed by atoms with E-state index in [9.17, 15) is 18.0 Å². The molecular formula is C28H38N2O7S. The second-order valence-electron chi connectivity index (χ2n) is 9.41. The fourth-order valence-electron chi connectivity index (χ4n) is 4.61. The van der Waals surface area contributed by atoms with Gasteiger partial charge in [0.15, 0.2) is 0 Å². The molecule has 0 radical (unpaired) electrons. The van der Waals surface area contributed by atoms with E-state index in [0.717, 1.165) is 19.5 Å². The first-order valence-electron chi connectivity index (χ1n) is 13.0. The highest BCUT2D eigenvalue weighted by Crippen LogP contribution is 2.26. The number of hydrogen-bond acceptors (Lipinski definition) is 8. The van der Waals surface area contributed by atoms with Crippen LogP contribution in [-0.2, 0) is 30.9 Å². The summed E-state index contributed by atoms with van der Waals surface area (Å²) in [4.78, 5) is 26.0. The van der Waals surface area contributed by atoms with E-state index in [2.05, 4.69) is 5.32 Å². The molecule has 0 bridgehead atoms. The van der Waals surface area contributed by atoms with Gasteiger partial charge in [0.2, 0.25) is 0 Å². The Bertz CT molecular complexity index is 1120. The minimum atomic E-state index is -4.46. The molecule has 38 heavy (non-hydrogen) atoms. The molecule has 3 rings (SSSR count). The molecule has 0 spiro atoms. The first kappa shape index (κ1) is 29.4. The lowest BCUT2D eigenvalue weighted by molar-refractivity contribution is -0.145. The van der Waals surface area contributed by atoms with Crippen LogP contribution in [-0.4, -0.2) is 58.1 Å². The van der Waals surface area contributed by atoms with Crippen molar-refractivity contribution in [3.63, 3.8) is 0 Å². The van der Waals surface area contributed by atoms with E-state index in [-0.39, 0.29) is 17.9 Å². The van der Waals surface area contributed by atoms with Crippen molar-refractivity contribution < 1.29 is 32.2 Å². The molecule has 10 heteroatoms. The summed E-state index contributed by atoms with van der Waals surface area (Å²) in [5, 5.41) is 3.45. The van der Waals surface area contributed by atoms with Crippen LogP contribution in [0.3, 0.4) is 0 Å². The standard InChI is InChI=1S/C28H38N2O7S/c1-35-24-15-17-25(18-16-24)38(33,34)30(28(32)37-21-23-12-4-3-5-13-23)26(27(31)36-2)14-8-9-19-29-20-22-10-6-7-11-22/h3-5,12-13,15-18,22,26,29H,6-11,14,19-21H2,1-2H3/t26-/m0/s1. The van der Waals surface area contributed by atoms with E-state index in [0.29, 0.717) is 28.0 Å². The van der Waals surface area contributed by atoms with Gasteiger partial charge in [-0.25, -0.2) is 18.0 Å². The van der Waals surface area contributed by atoms with Gasteiger partial charge in [0.05, 0.1) is 19.1 Å². The zero-order chi connectivity index (χ0) is 27.4. The van der Waals surface area contributed by atoms with Crippen molar-refractivity contribution in [1.82, 2.24) is 9.62 Å². The third-order valence-corrected chi connectivity index (χ3v) is 8.54. The Morgan fingerprint density at radius 2 is 1.68 bits per heavy atom. The number of benzene rings is 2. The lowest BCUT2D eigenvalue weighted by atomic mass is 10.1. The van der Waals surface area contributed by atoms with Crippen molar-refractivity contribution in [2.45, 2.75) is 62.5 Å². The van der Waals surface area contributed by atoms with Crippen molar-refractivity contribution in [2.75, 3.05) is 27.3 Å². The lowest BCUT2D eigenvalue weighted by Crippen LogP contribution is -2.49. The summed E-state index contributed by atoms with van der Waals surface area (Å²) in [5.41, 5.74) is 0.686. The Kier molecular flexibility index (Phi) is 11.4. The highest BCUT2D eigenvalue weighted by atomic mass is 32.2. The van der Waals surface area contributed by atoms with Crippen LogP contribution < -0.4 is 10.1 Å². The number of amides is 1. The first-order valence-corrected chi connectivity index (χ1v) is 14.5. The maximum atomic E-state index is 13.7. The lowest BCUT2D eigenvalue weighted by Gasteiger charge is -2.28. The zero-order valence-corrected chi connectivity index (χ0v) is 23.0. The normalized spacial score (nSPS) is 14.6. The number of hydrogen-bond donors (Lipinski definition) is 1. The number of methoxy groups -OCH3 is 2. The Hall–Kier alpha value is -3.11. The van der Waals surface area contributed by atoms with Gasteiger partial charge in [0.25, 0.3) is 10.0 Å². The van der Waals surface area contributed by atoms with Crippen LogP contribution in [0.15, 0.2) is 59.5 Å². The van der Waals surface area contributed by atoms with Crippen LogP contribution in [0.25, 0.3) is 0 Å². The molecule has 2 aromatic rings. The van der Waals surface area contributed by atoms with Gasteiger partial charge < -0.3 is 19.5 Å². The van der Waals surface area contributed by atoms with Crippen LogP contribution >= 0.6 is 0 Å². The third-order valence-electron chi connectivity index (χ3n) is 6.75. The summed E-state index contributed by atoms with van der Waals surface area (Å²) >= 11 is 0. The van der Waals surface area contributed by atoms with Crippen molar-refractivity contribution >= 4 is 22.1 Å². The molecule has 2 aromatic carbocycles. The smallest absolute Gasteiger partial charge is 0.425 e. The molecule has 1 N–H and O–H groups in total. The number of sulfonamides is 1. The number of unbranched alkanes of at least 4 members (excludes halogenated alkanes) is 1. The average Bonchev–Trinajstić information content (AvgIpc) is 3.46. The molecule has 1 fully saturated rings. The van der Waals surface area contributed by atoms with Crippen molar-refractivity contribution in [1.29, 1.82) is 0 Å². The van der Waals surface area contributed by atoms with E-state index in [4.69, 9.17) is 14.2 Å². The molecule has 1 atom stereocenters. The van der Waals surface area contributed by atoms with E-state index in [1.807, 2.05) is 6.07 Å². The van der Waals surface area contributed by atoms with Gasteiger partial charge in [0, 0.05) is 0 Å².